The summed E-state index contributed by atoms with van der Waals surface area (Å²) in [6.45, 7) is 8.95. The van der Waals surface area contributed by atoms with E-state index < -0.39 is 5.97 Å². The van der Waals surface area contributed by atoms with Crippen LogP contribution in [0.2, 0.25) is 0 Å². The molecule has 0 amide bonds. The Balaban J connectivity index is 2.61. The first-order valence-electron chi connectivity index (χ1n) is 6.39. The van der Waals surface area contributed by atoms with Gasteiger partial charge in [0.15, 0.2) is 0 Å². The number of rotatable bonds is 4. The number of hydrogen-bond donors (Lipinski definition) is 1. The lowest BCUT2D eigenvalue weighted by Gasteiger charge is -2.40. The van der Waals surface area contributed by atoms with Crippen LogP contribution in [0.4, 0.5) is 0 Å². The second-order valence-electron chi connectivity index (χ2n) is 5.58. The van der Waals surface area contributed by atoms with Crippen LogP contribution in [-0.4, -0.2) is 34.6 Å². The molecule has 1 rings (SSSR count). The van der Waals surface area contributed by atoms with Crippen molar-refractivity contribution in [3.8, 4) is 0 Å². The van der Waals surface area contributed by atoms with Crippen molar-refractivity contribution in [2.45, 2.75) is 59.0 Å². The van der Waals surface area contributed by atoms with Crippen molar-refractivity contribution < 1.29 is 9.90 Å². The van der Waals surface area contributed by atoms with E-state index in [1.807, 2.05) is 0 Å². The van der Waals surface area contributed by atoms with Gasteiger partial charge in [0.1, 0.15) is 0 Å². The Hall–Kier alpha value is -0.570. The first-order chi connectivity index (χ1) is 7.41. The molecule has 0 spiro atoms. The van der Waals surface area contributed by atoms with Crippen LogP contribution in [0.5, 0.6) is 0 Å². The van der Waals surface area contributed by atoms with Crippen LogP contribution in [0, 0.1) is 11.8 Å². The van der Waals surface area contributed by atoms with Crippen molar-refractivity contribution in [3.63, 3.8) is 0 Å². The summed E-state index contributed by atoms with van der Waals surface area (Å²) in [6.07, 6.45) is 3.53. The maximum absolute atomic E-state index is 10.9. The van der Waals surface area contributed by atoms with E-state index in [2.05, 4.69) is 32.6 Å². The molecule has 3 heteroatoms. The molecule has 0 radical (unpaired) electrons. The molecule has 1 N–H and O–H groups in total. The number of nitrogens with zero attached hydrogens (tertiary/aromatic N) is 1. The molecule has 0 saturated heterocycles. The van der Waals surface area contributed by atoms with Crippen LogP contribution in [0.1, 0.15) is 47.0 Å². The van der Waals surface area contributed by atoms with E-state index in [1.54, 1.807) is 0 Å². The molecular formula is C13H25NO2. The normalized spacial score (nSPS) is 31.0. The molecule has 0 aromatic heterocycles. The van der Waals surface area contributed by atoms with E-state index in [-0.39, 0.29) is 6.54 Å². The lowest BCUT2D eigenvalue weighted by molar-refractivity contribution is -0.140. The van der Waals surface area contributed by atoms with Gasteiger partial charge in [0.2, 0.25) is 0 Å². The molecule has 0 heterocycles. The average Bonchev–Trinajstić information content (AvgIpc) is 2.18. The zero-order valence-electron chi connectivity index (χ0n) is 10.9. The van der Waals surface area contributed by atoms with E-state index in [0.717, 1.165) is 18.8 Å². The molecule has 16 heavy (non-hydrogen) atoms. The van der Waals surface area contributed by atoms with Gasteiger partial charge >= 0.3 is 5.97 Å². The average molecular weight is 227 g/mol. The molecular weight excluding hydrogens is 202 g/mol. The van der Waals surface area contributed by atoms with Gasteiger partial charge in [-0.3, -0.25) is 9.69 Å². The predicted octanol–water partition coefficient (Wildman–Crippen LogP) is 2.61. The molecule has 94 valence electrons. The van der Waals surface area contributed by atoms with Crippen LogP contribution in [0.25, 0.3) is 0 Å². The minimum Gasteiger partial charge on any atom is -0.480 e. The Bertz CT molecular complexity index is 240. The van der Waals surface area contributed by atoms with Crippen molar-refractivity contribution >= 4 is 5.97 Å². The van der Waals surface area contributed by atoms with E-state index >= 15 is 0 Å². The van der Waals surface area contributed by atoms with Gasteiger partial charge in [-0.15, -0.1) is 0 Å². The first-order valence-corrected chi connectivity index (χ1v) is 6.39. The summed E-state index contributed by atoms with van der Waals surface area (Å²) in [5.74, 6) is 0.795. The van der Waals surface area contributed by atoms with Gasteiger partial charge in [0, 0.05) is 12.1 Å². The van der Waals surface area contributed by atoms with E-state index in [1.165, 1.54) is 6.42 Å². The summed E-state index contributed by atoms with van der Waals surface area (Å²) in [5.41, 5.74) is 0. The highest BCUT2D eigenvalue weighted by atomic mass is 16.4. The van der Waals surface area contributed by atoms with Gasteiger partial charge in [0.25, 0.3) is 0 Å². The molecule has 0 aromatic rings. The highest BCUT2D eigenvalue weighted by Crippen LogP contribution is 2.32. The lowest BCUT2D eigenvalue weighted by atomic mass is 9.78. The second kappa shape index (κ2) is 5.67. The highest BCUT2D eigenvalue weighted by Gasteiger charge is 2.30. The van der Waals surface area contributed by atoms with Crippen LogP contribution < -0.4 is 0 Å². The summed E-state index contributed by atoms with van der Waals surface area (Å²) in [6, 6.07) is 0.781. The van der Waals surface area contributed by atoms with Crippen LogP contribution >= 0.6 is 0 Å². The molecule has 0 aliphatic heterocycles. The predicted molar refractivity (Wildman–Crippen MR) is 65.4 cm³/mol. The van der Waals surface area contributed by atoms with Gasteiger partial charge in [0.05, 0.1) is 6.54 Å². The van der Waals surface area contributed by atoms with Crippen molar-refractivity contribution in [2.75, 3.05) is 6.54 Å². The number of aliphatic carboxylic acids is 1. The SMILES string of the molecule is CC1CCC(N(CC(=O)O)C(C)C)CC1C. The monoisotopic (exact) mass is 227 g/mol. The minimum absolute atomic E-state index is 0.184. The second-order valence-corrected chi connectivity index (χ2v) is 5.58. The topological polar surface area (TPSA) is 40.5 Å². The maximum Gasteiger partial charge on any atom is 0.317 e. The fourth-order valence-electron chi connectivity index (χ4n) is 2.71. The largest absolute Gasteiger partial charge is 0.480 e. The van der Waals surface area contributed by atoms with Gasteiger partial charge in [-0.2, -0.15) is 0 Å². The van der Waals surface area contributed by atoms with Gasteiger partial charge in [-0.05, 0) is 44.9 Å². The molecule has 1 aliphatic carbocycles. The summed E-state index contributed by atoms with van der Waals surface area (Å²) >= 11 is 0. The summed E-state index contributed by atoms with van der Waals surface area (Å²) in [4.78, 5) is 13.0. The number of hydrogen-bond acceptors (Lipinski definition) is 2. The van der Waals surface area contributed by atoms with Crippen molar-refractivity contribution in [1.29, 1.82) is 0 Å². The fraction of sp³-hybridized carbons (Fsp3) is 0.923. The Morgan fingerprint density at radius 2 is 1.94 bits per heavy atom. The zero-order valence-corrected chi connectivity index (χ0v) is 10.9. The van der Waals surface area contributed by atoms with Crippen LogP contribution in [0.3, 0.4) is 0 Å². The molecule has 0 bridgehead atoms. The molecule has 1 aliphatic rings. The van der Waals surface area contributed by atoms with E-state index in [4.69, 9.17) is 5.11 Å². The van der Waals surface area contributed by atoms with E-state index in [9.17, 15) is 4.79 Å². The molecule has 3 nitrogen and oxygen atoms in total. The Morgan fingerprint density at radius 1 is 1.31 bits per heavy atom. The van der Waals surface area contributed by atoms with E-state index in [0.29, 0.717) is 18.0 Å². The minimum atomic E-state index is -0.708. The Labute approximate surface area is 98.8 Å². The van der Waals surface area contributed by atoms with Crippen LogP contribution in [-0.2, 0) is 4.79 Å². The Morgan fingerprint density at radius 3 is 2.38 bits per heavy atom. The number of carboxylic acid groups (broad SMARTS) is 1. The van der Waals surface area contributed by atoms with Crippen LogP contribution in [0.15, 0.2) is 0 Å². The lowest BCUT2D eigenvalue weighted by Crippen LogP contribution is -2.46. The molecule has 1 saturated carbocycles. The maximum atomic E-state index is 10.9. The van der Waals surface area contributed by atoms with Crippen molar-refractivity contribution in [2.24, 2.45) is 11.8 Å². The van der Waals surface area contributed by atoms with Gasteiger partial charge in [-0.25, -0.2) is 0 Å². The fourth-order valence-corrected chi connectivity index (χ4v) is 2.71. The third kappa shape index (κ3) is 3.48. The standard InChI is InChI=1S/C13H25NO2/c1-9(2)14(8-13(15)16)12-6-5-10(3)11(4)7-12/h9-12H,5-8H2,1-4H3,(H,15,16). The van der Waals surface area contributed by atoms with Crippen molar-refractivity contribution in [1.82, 2.24) is 4.90 Å². The summed E-state index contributed by atoms with van der Waals surface area (Å²) in [7, 11) is 0. The number of carbonyl (C=O) groups is 1. The number of carboxylic acids is 1. The van der Waals surface area contributed by atoms with Gasteiger partial charge < -0.3 is 5.11 Å². The first kappa shape index (κ1) is 13.5. The van der Waals surface area contributed by atoms with Gasteiger partial charge in [-0.1, -0.05) is 13.8 Å². The smallest absolute Gasteiger partial charge is 0.317 e. The quantitative estimate of drug-likeness (QED) is 0.802. The molecule has 3 atom stereocenters. The highest BCUT2D eigenvalue weighted by molar-refractivity contribution is 5.69. The third-order valence-corrected chi connectivity index (χ3v) is 4.02. The summed E-state index contributed by atoms with van der Waals surface area (Å²) in [5, 5.41) is 8.94. The molecule has 1 fully saturated rings. The van der Waals surface area contributed by atoms with Crippen molar-refractivity contribution in [3.05, 3.63) is 0 Å². The third-order valence-electron chi connectivity index (χ3n) is 4.02. The summed E-state index contributed by atoms with van der Waals surface area (Å²) < 4.78 is 0. The molecule has 0 aromatic carbocycles. The molecule has 3 unspecified atom stereocenters. The Kier molecular flexibility index (Phi) is 4.78. The zero-order chi connectivity index (χ0) is 12.3.